The maximum atomic E-state index is 6.71. The lowest BCUT2D eigenvalue weighted by molar-refractivity contribution is -0.126. The summed E-state index contributed by atoms with van der Waals surface area (Å²) < 4.78 is 12.2. The minimum absolute atomic E-state index is 0.165. The third kappa shape index (κ3) is 2.59. The predicted molar refractivity (Wildman–Crippen MR) is 123 cm³/mol. The summed E-state index contributed by atoms with van der Waals surface area (Å²) in [6, 6.07) is 2.21. The highest BCUT2D eigenvalue weighted by molar-refractivity contribution is 7.99. The zero-order valence-electron chi connectivity index (χ0n) is 18.8. The van der Waals surface area contributed by atoms with Crippen molar-refractivity contribution in [1.82, 2.24) is 0 Å². The lowest BCUT2D eigenvalue weighted by Crippen LogP contribution is -2.58. The molecule has 0 bridgehead atoms. The number of rotatable bonds is 5. The van der Waals surface area contributed by atoms with Crippen LogP contribution in [0.25, 0.3) is 0 Å². The second-order valence-corrected chi connectivity index (χ2v) is 13.0. The fourth-order valence-electron chi connectivity index (χ4n) is 9.11. The first kappa shape index (κ1) is 20.2. The van der Waals surface area contributed by atoms with Gasteiger partial charge in [-0.05, 0) is 111 Å². The number of epoxide rings is 1. The molecule has 3 nitrogen and oxygen atoms in total. The molecule has 2 N–H and O–H groups in total. The molecule has 30 heavy (non-hydrogen) atoms. The van der Waals surface area contributed by atoms with Crippen molar-refractivity contribution in [3.8, 4) is 0 Å². The van der Waals surface area contributed by atoms with E-state index >= 15 is 0 Å². The first-order valence-electron chi connectivity index (χ1n) is 12.5. The van der Waals surface area contributed by atoms with Crippen LogP contribution >= 0.6 is 11.8 Å². The van der Waals surface area contributed by atoms with E-state index in [9.17, 15) is 0 Å². The Morgan fingerprint density at radius 1 is 1.10 bits per heavy atom. The van der Waals surface area contributed by atoms with Crippen LogP contribution in [0.2, 0.25) is 0 Å². The molecule has 1 aromatic heterocycles. The SMILES string of the molecule is C[C@]12CC[C@H](SCCCN)C[C@@H]1CC[C@@H]1[C@@H]2CC[C@]2(C)[C@@H](c3ccoc3)C[C@H]3O[C@]132. The van der Waals surface area contributed by atoms with E-state index in [-0.39, 0.29) is 5.60 Å². The Balaban J connectivity index is 1.23. The topological polar surface area (TPSA) is 51.7 Å². The molecule has 9 atom stereocenters. The summed E-state index contributed by atoms with van der Waals surface area (Å²) in [5.41, 5.74) is 8.14. The van der Waals surface area contributed by atoms with Crippen molar-refractivity contribution in [1.29, 1.82) is 0 Å². The van der Waals surface area contributed by atoms with Crippen molar-refractivity contribution in [3.63, 3.8) is 0 Å². The van der Waals surface area contributed by atoms with Crippen LogP contribution in [0.4, 0.5) is 0 Å². The summed E-state index contributed by atoms with van der Waals surface area (Å²) in [6.45, 7) is 6.08. The molecule has 5 aliphatic rings. The van der Waals surface area contributed by atoms with Crippen LogP contribution in [0.5, 0.6) is 0 Å². The summed E-state index contributed by atoms with van der Waals surface area (Å²) in [6.07, 6.45) is 16.6. The van der Waals surface area contributed by atoms with Gasteiger partial charge in [-0.25, -0.2) is 0 Å². The molecular formula is C26H39NO2S. The van der Waals surface area contributed by atoms with Crippen LogP contribution in [-0.4, -0.2) is 29.3 Å². The van der Waals surface area contributed by atoms with Crippen LogP contribution in [-0.2, 0) is 4.74 Å². The van der Waals surface area contributed by atoms with Crippen LogP contribution < -0.4 is 5.73 Å². The van der Waals surface area contributed by atoms with Gasteiger partial charge in [0.1, 0.15) is 5.60 Å². The fourth-order valence-corrected chi connectivity index (χ4v) is 10.4. The van der Waals surface area contributed by atoms with Crippen molar-refractivity contribution in [2.45, 2.75) is 94.5 Å². The molecule has 0 aromatic carbocycles. The Hall–Kier alpha value is -0.450. The highest BCUT2D eigenvalue weighted by atomic mass is 32.2. The molecule has 2 heterocycles. The molecule has 1 spiro atoms. The largest absolute Gasteiger partial charge is 0.472 e. The Bertz CT molecular complexity index is 782. The van der Waals surface area contributed by atoms with E-state index in [0.717, 1.165) is 29.5 Å². The Morgan fingerprint density at radius 3 is 2.80 bits per heavy atom. The number of hydrogen-bond donors (Lipinski definition) is 1. The van der Waals surface area contributed by atoms with Crippen LogP contribution in [0.1, 0.15) is 83.1 Å². The van der Waals surface area contributed by atoms with Gasteiger partial charge in [0.05, 0.1) is 18.6 Å². The standard InChI is InChI=1S/C26H39NO2S/c1-24-9-6-19(30-13-3-11-27)14-18(24)4-5-21-20(24)7-10-25(2)22(17-8-12-28-16-17)15-23-26(21,25)29-23/h8,12,16,18-23H,3-7,9-11,13-15,27H2,1-2H3/t18-,19-,20-,21+,22+,23+,24-,25+,26+/m0/s1. The average molecular weight is 430 g/mol. The maximum Gasteiger partial charge on any atom is 0.104 e. The summed E-state index contributed by atoms with van der Waals surface area (Å²) in [5.74, 6) is 4.44. The number of hydrogen-bond acceptors (Lipinski definition) is 4. The smallest absolute Gasteiger partial charge is 0.104 e. The van der Waals surface area contributed by atoms with Gasteiger partial charge in [-0.15, -0.1) is 0 Å². The lowest BCUT2D eigenvalue weighted by atomic mass is 9.44. The molecule has 6 rings (SSSR count). The van der Waals surface area contributed by atoms with E-state index in [0.29, 0.717) is 22.9 Å². The molecule has 4 heteroatoms. The first-order chi connectivity index (χ1) is 14.5. The normalized spacial score (nSPS) is 51.6. The van der Waals surface area contributed by atoms with Gasteiger partial charge in [-0.1, -0.05) is 13.8 Å². The minimum Gasteiger partial charge on any atom is -0.472 e. The maximum absolute atomic E-state index is 6.71. The van der Waals surface area contributed by atoms with Crippen LogP contribution in [0.3, 0.4) is 0 Å². The summed E-state index contributed by atoms with van der Waals surface area (Å²) in [7, 11) is 0. The molecule has 166 valence electrons. The monoisotopic (exact) mass is 429 g/mol. The number of nitrogens with two attached hydrogens (primary N) is 1. The van der Waals surface area contributed by atoms with Gasteiger partial charge in [-0.3, -0.25) is 0 Å². The van der Waals surface area contributed by atoms with Gasteiger partial charge in [0.15, 0.2) is 0 Å². The van der Waals surface area contributed by atoms with Crippen molar-refractivity contribution >= 4 is 11.8 Å². The molecule has 1 aliphatic heterocycles. The van der Waals surface area contributed by atoms with E-state index in [2.05, 4.69) is 31.7 Å². The van der Waals surface area contributed by atoms with Crippen LogP contribution in [0, 0.1) is 28.6 Å². The number of thioether (sulfide) groups is 1. The molecule has 5 fully saturated rings. The summed E-state index contributed by atoms with van der Waals surface area (Å²) in [4.78, 5) is 0. The van der Waals surface area contributed by atoms with Gasteiger partial charge in [0.2, 0.25) is 0 Å². The van der Waals surface area contributed by atoms with E-state index < -0.39 is 0 Å². The van der Waals surface area contributed by atoms with Gasteiger partial charge in [-0.2, -0.15) is 11.8 Å². The molecule has 4 aliphatic carbocycles. The Morgan fingerprint density at radius 2 is 2.00 bits per heavy atom. The van der Waals surface area contributed by atoms with Gasteiger partial charge < -0.3 is 14.9 Å². The fraction of sp³-hybridized carbons (Fsp3) is 0.846. The van der Waals surface area contributed by atoms with Gasteiger partial charge in [0, 0.05) is 10.7 Å². The van der Waals surface area contributed by atoms with E-state index in [1.807, 2.05) is 12.5 Å². The highest BCUT2D eigenvalue weighted by Gasteiger charge is 2.80. The van der Waals surface area contributed by atoms with Gasteiger partial charge in [0.25, 0.3) is 0 Å². The van der Waals surface area contributed by atoms with Crippen molar-refractivity contribution in [3.05, 3.63) is 24.2 Å². The van der Waals surface area contributed by atoms with Crippen LogP contribution in [0.15, 0.2) is 23.0 Å². The quantitative estimate of drug-likeness (QED) is 0.461. The first-order valence-corrected chi connectivity index (χ1v) is 13.6. The molecular weight excluding hydrogens is 390 g/mol. The Kier molecular flexibility index (Phi) is 4.72. The number of fused-ring (bicyclic) bond motifs is 3. The average Bonchev–Trinajstić information content (AvgIpc) is 3.09. The van der Waals surface area contributed by atoms with E-state index in [1.54, 1.807) is 0 Å². The lowest BCUT2D eigenvalue weighted by Gasteiger charge is -2.61. The second-order valence-electron chi connectivity index (χ2n) is 11.6. The highest BCUT2D eigenvalue weighted by Crippen LogP contribution is 2.78. The van der Waals surface area contributed by atoms with E-state index in [1.165, 1.54) is 69.1 Å². The zero-order chi connectivity index (χ0) is 20.6. The Labute approximate surface area is 186 Å². The number of ether oxygens (including phenoxy) is 1. The molecule has 0 radical (unpaired) electrons. The van der Waals surface area contributed by atoms with E-state index in [4.69, 9.17) is 14.9 Å². The number of furan rings is 1. The zero-order valence-corrected chi connectivity index (χ0v) is 19.6. The van der Waals surface area contributed by atoms with Crippen molar-refractivity contribution in [2.75, 3.05) is 12.3 Å². The van der Waals surface area contributed by atoms with Crippen molar-refractivity contribution in [2.24, 2.45) is 34.3 Å². The third-order valence-electron chi connectivity index (χ3n) is 10.7. The molecule has 0 amide bonds. The molecule has 0 unspecified atom stereocenters. The minimum atomic E-state index is 0.165. The molecule has 1 aromatic rings. The van der Waals surface area contributed by atoms with Gasteiger partial charge >= 0.3 is 0 Å². The third-order valence-corrected chi connectivity index (χ3v) is 12.1. The molecule has 1 saturated heterocycles. The second kappa shape index (κ2) is 7.02. The summed E-state index contributed by atoms with van der Waals surface area (Å²) in [5, 5.41) is 0.875. The summed E-state index contributed by atoms with van der Waals surface area (Å²) >= 11 is 2.21. The molecule has 4 saturated carbocycles. The predicted octanol–water partition coefficient (Wildman–Crippen LogP) is 5.99. The van der Waals surface area contributed by atoms with Crippen molar-refractivity contribution < 1.29 is 9.15 Å².